The minimum Gasteiger partial charge on any atom is -0.406 e. The summed E-state index contributed by atoms with van der Waals surface area (Å²) >= 11 is 6.12. The number of nitrogens with two attached hydrogens (primary N) is 1. The van der Waals surface area contributed by atoms with Crippen molar-refractivity contribution in [2.45, 2.75) is 39.6 Å². The first kappa shape index (κ1) is 22.7. The Labute approximate surface area is 183 Å². The van der Waals surface area contributed by atoms with Gasteiger partial charge < -0.3 is 15.0 Å². The number of nitrogens with zero attached hydrogens (tertiary/aromatic N) is 1. The van der Waals surface area contributed by atoms with E-state index in [1.807, 2.05) is 29.7 Å². The van der Waals surface area contributed by atoms with Crippen molar-refractivity contribution in [2.75, 3.05) is 0 Å². The van der Waals surface area contributed by atoms with E-state index < -0.39 is 12.3 Å². The third-order valence-corrected chi connectivity index (χ3v) is 5.19. The van der Waals surface area contributed by atoms with Crippen molar-refractivity contribution < 1.29 is 22.7 Å². The summed E-state index contributed by atoms with van der Waals surface area (Å²) in [5, 5.41) is 0.590. The maximum absolute atomic E-state index is 12.7. The monoisotopic (exact) mass is 450 g/mol. The minimum atomic E-state index is -4.81. The molecule has 2 aromatic carbocycles. The first-order valence-electron chi connectivity index (χ1n) is 9.73. The van der Waals surface area contributed by atoms with Crippen molar-refractivity contribution in [2.24, 2.45) is 5.73 Å². The summed E-state index contributed by atoms with van der Waals surface area (Å²) in [4.78, 5) is 12.4. The van der Waals surface area contributed by atoms with E-state index in [4.69, 9.17) is 17.3 Å². The average Bonchev–Trinajstić information content (AvgIpc) is 2.93. The van der Waals surface area contributed by atoms with Gasteiger partial charge in [0.2, 0.25) is 0 Å². The van der Waals surface area contributed by atoms with Gasteiger partial charge in [0.15, 0.2) is 0 Å². The molecule has 1 aromatic heterocycles. The molecule has 0 saturated carbocycles. The van der Waals surface area contributed by atoms with Gasteiger partial charge in [0, 0.05) is 28.5 Å². The Morgan fingerprint density at radius 3 is 2.48 bits per heavy atom. The van der Waals surface area contributed by atoms with E-state index in [9.17, 15) is 18.0 Å². The molecular formula is C23H22ClF3N2O2. The zero-order valence-electron chi connectivity index (χ0n) is 17.1. The number of alkyl halides is 3. The molecule has 3 aromatic rings. The number of aromatic nitrogens is 1. The molecule has 0 unspecified atom stereocenters. The van der Waals surface area contributed by atoms with E-state index >= 15 is 0 Å². The molecule has 2 N–H and O–H groups in total. The van der Waals surface area contributed by atoms with Crippen LogP contribution in [0.1, 0.15) is 40.7 Å². The number of halogens is 4. The first-order valence-corrected chi connectivity index (χ1v) is 10.1. The fraction of sp³-hybridized carbons (Fsp3) is 0.261. The summed E-state index contributed by atoms with van der Waals surface area (Å²) in [7, 11) is 0. The predicted molar refractivity (Wildman–Crippen MR) is 114 cm³/mol. The minimum absolute atomic E-state index is 0.287. The summed E-state index contributed by atoms with van der Waals surface area (Å²) in [6, 6.07) is 13.0. The number of amides is 1. The van der Waals surface area contributed by atoms with Gasteiger partial charge >= 0.3 is 6.36 Å². The van der Waals surface area contributed by atoms with Crippen molar-refractivity contribution in [1.29, 1.82) is 0 Å². The first-order chi connectivity index (χ1) is 14.6. The normalized spacial score (nSPS) is 11.5. The third-order valence-electron chi connectivity index (χ3n) is 4.95. The number of hydrogen-bond donors (Lipinski definition) is 1. The quantitative estimate of drug-likeness (QED) is 0.471. The molecule has 164 valence electrons. The molecule has 0 aliphatic rings. The highest BCUT2D eigenvalue weighted by molar-refractivity contribution is 6.30. The summed E-state index contributed by atoms with van der Waals surface area (Å²) in [6.45, 7) is 4.22. The second kappa shape index (κ2) is 9.06. The van der Waals surface area contributed by atoms with Gasteiger partial charge in [-0.15, -0.1) is 13.2 Å². The summed E-state index contributed by atoms with van der Waals surface area (Å²) in [6.07, 6.45) is -3.44. The Hall–Kier alpha value is -2.93. The predicted octanol–water partition coefficient (Wildman–Crippen LogP) is 6.12. The number of rotatable bonds is 7. The molecular weight excluding hydrogens is 429 g/mol. The SMILES string of the molecule is CCCc1c(-c2cccc(OC(F)(F)F)c2)c(C(N)=O)c(C)n1Cc1cccc(Cl)c1. The van der Waals surface area contributed by atoms with Gasteiger partial charge in [-0.05, 0) is 48.7 Å². The van der Waals surface area contributed by atoms with Crippen LogP contribution in [0.15, 0.2) is 48.5 Å². The number of ether oxygens (including phenoxy) is 1. The van der Waals surface area contributed by atoms with Crippen LogP contribution in [-0.2, 0) is 13.0 Å². The molecule has 0 radical (unpaired) electrons. The lowest BCUT2D eigenvalue weighted by molar-refractivity contribution is -0.274. The van der Waals surface area contributed by atoms with Crippen molar-refractivity contribution >= 4 is 17.5 Å². The standard InChI is InChI=1S/C23H22ClF3N2O2/c1-3-6-19-21(16-8-5-10-18(12-16)31-23(25,26)27)20(22(28)30)14(2)29(19)13-15-7-4-9-17(24)11-15/h4-5,7-12H,3,6,13H2,1-2H3,(H2,28,30). The topological polar surface area (TPSA) is 57.2 Å². The molecule has 0 atom stereocenters. The molecule has 0 bridgehead atoms. The van der Waals surface area contributed by atoms with Crippen molar-refractivity contribution in [1.82, 2.24) is 4.57 Å². The number of carbonyl (C=O) groups excluding carboxylic acids is 1. The van der Waals surface area contributed by atoms with E-state index in [2.05, 4.69) is 4.74 Å². The molecule has 4 nitrogen and oxygen atoms in total. The van der Waals surface area contributed by atoms with E-state index in [0.717, 1.165) is 17.7 Å². The van der Waals surface area contributed by atoms with E-state index in [0.29, 0.717) is 34.8 Å². The molecule has 8 heteroatoms. The third kappa shape index (κ3) is 5.22. The molecule has 1 heterocycles. The number of hydrogen-bond acceptors (Lipinski definition) is 2. The van der Waals surface area contributed by atoms with E-state index in [1.165, 1.54) is 18.2 Å². The summed E-state index contributed by atoms with van der Waals surface area (Å²) in [5.74, 6) is -1.00. The second-order valence-corrected chi connectivity index (χ2v) is 7.62. The van der Waals surface area contributed by atoms with Gasteiger partial charge in [-0.3, -0.25) is 4.79 Å². The molecule has 31 heavy (non-hydrogen) atoms. The smallest absolute Gasteiger partial charge is 0.406 e. The van der Waals surface area contributed by atoms with Gasteiger partial charge in [-0.2, -0.15) is 0 Å². The number of primary amides is 1. The molecule has 0 aliphatic carbocycles. The van der Waals surface area contributed by atoms with Gasteiger partial charge in [0.25, 0.3) is 5.91 Å². The Kier molecular flexibility index (Phi) is 6.65. The van der Waals surface area contributed by atoms with E-state index in [-0.39, 0.29) is 11.3 Å². The van der Waals surface area contributed by atoms with Crippen LogP contribution in [0.2, 0.25) is 5.02 Å². The number of carbonyl (C=O) groups is 1. The molecule has 0 aliphatic heterocycles. The van der Waals surface area contributed by atoms with Crippen LogP contribution < -0.4 is 10.5 Å². The van der Waals surface area contributed by atoms with Crippen LogP contribution in [0.25, 0.3) is 11.1 Å². The van der Waals surface area contributed by atoms with Crippen molar-refractivity contribution in [3.05, 3.63) is 76.1 Å². The van der Waals surface area contributed by atoms with Crippen LogP contribution in [0.5, 0.6) is 5.75 Å². The van der Waals surface area contributed by atoms with Crippen molar-refractivity contribution in [3.8, 4) is 16.9 Å². The van der Waals surface area contributed by atoms with Gasteiger partial charge in [-0.25, -0.2) is 0 Å². The maximum Gasteiger partial charge on any atom is 0.573 e. The number of benzene rings is 2. The summed E-state index contributed by atoms with van der Waals surface area (Å²) in [5.41, 5.74) is 9.35. The fourth-order valence-electron chi connectivity index (χ4n) is 3.79. The Bertz CT molecular complexity index is 1110. The van der Waals surface area contributed by atoms with Gasteiger partial charge in [0.05, 0.1) is 5.56 Å². The van der Waals surface area contributed by atoms with Gasteiger partial charge in [0.1, 0.15) is 5.75 Å². The van der Waals surface area contributed by atoms with Crippen molar-refractivity contribution in [3.63, 3.8) is 0 Å². The highest BCUT2D eigenvalue weighted by Crippen LogP contribution is 2.36. The molecule has 0 fully saturated rings. The maximum atomic E-state index is 12.7. The zero-order valence-corrected chi connectivity index (χ0v) is 17.8. The Balaban J connectivity index is 2.20. The Morgan fingerprint density at radius 2 is 1.87 bits per heavy atom. The molecule has 3 rings (SSSR count). The molecule has 1 amide bonds. The lowest BCUT2D eigenvalue weighted by Crippen LogP contribution is -2.17. The zero-order chi connectivity index (χ0) is 22.8. The highest BCUT2D eigenvalue weighted by atomic mass is 35.5. The van der Waals surface area contributed by atoms with Crippen LogP contribution in [0.4, 0.5) is 13.2 Å². The highest BCUT2D eigenvalue weighted by Gasteiger charge is 2.31. The lowest BCUT2D eigenvalue weighted by Gasteiger charge is -2.14. The fourth-order valence-corrected chi connectivity index (χ4v) is 4.00. The van der Waals surface area contributed by atoms with Crippen LogP contribution in [0.3, 0.4) is 0 Å². The van der Waals surface area contributed by atoms with Gasteiger partial charge in [-0.1, -0.05) is 49.2 Å². The van der Waals surface area contributed by atoms with Crippen LogP contribution >= 0.6 is 11.6 Å². The van der Waals surface area contributed by atoms with Crippen LogP contribution in [-0.4, -0.2) is 16.8 Å². The van der Waals surface area contributed by atoms with E-state index in [1.54, 1.807) is 19.1 Å². The van der Waals surface area contributed by atoms with Crippen LogP contribution in [0, 0.1) is 6.92 Å². The average molecular weight is 451 g/mol. The Morgan fingerprint density at radius 1 is 1.16 bits per heavy atom. The largest absolute Gasteiger partial charge is 0.573 e. The molecule has 0 saturated heterocycles. The lowest BCUT2D eigenvalue weighted by atomic mass is 9.98. The second-order valence-electron chi connectivity index (χ2n) is 7.19. The molecule has 0 spiro atoms. The summed E-state index contributed by atoms with van der Waals surface area (Å²) < 4.78 is 44.2.